The summed E-state index contributed by atoms with van der Waals surface area (Å²) in [4.78, 5) is 0.365. The molecule has 1 aliphatic heterocycles. The van der Waals surface area contributed by atoms with E-state index in [-0.39, 0.29) is 6.04 Å². The zero-order valence-corrected chi connectivity index (χ0v) is 13.4. The van der Waals surface area contributed by atoms with Crippen LogP contribution in [0.3, 0.4) is 0 Å². The van der Waals surface area contributed by atoms with Crippen LogP contribution in [0.25, 0.3) is 0 Å². The third-order valence-electron chi connectivity index (χ3n) is 3.44. The largest absolute Gasteiger partial charge is 0.319 e. The van der Waals surface area contributed by atoms with E-state index in [4.69, 9.17) is 0 Å². The Hall–Kier alpha value is -0.560. The number of hydrogen-bond acceptors (Lipinski definition) is 4. The van der Waals surface area contributed by atoms with E-state index in [0.717, 1.165) is 42.9 Å². The van der Waals surface area contributed by atoms with Crippen LogP contribution in [0.4, 0.5) is 0 Å². The van der Waals surface area contributed by atoms with Gasteiger partial charge in [0.15, 0.2) is 0 Å². The molecule has 0 atom stereocenters. The van der Waals surface area contributed by atoms with Crippen molar-refractivity contribution in [2.24, 2.45) is 0 Å². The van der Waals surface area contributed by atoms with Gasteiger partial charge in [0.2, 0.25) is 10.0 Å². The van der Waals surface area contributed by atoms with Crippen LogP contribution < -0.4 is 10.0 Å². The Morgan fingerprint density at radius 3 is 2.45 bits per heavy atom. The van der Waals surface area contributed by atoms with E-state index in [1.165, 1.54) is 0 Å². The van der Waals surface area contributed by atoms with Crippen LogP contribution in [0.2, 0.25) is 0 Å². The number of thioether (sulfide) groups is 1. The fourth-order valence-electron chi connectivity index (χ4n) is 2.21. The Labute approximate surface area is 125 Å². The molecular weight excluding hydrogens is 292 g/mol. The molecule has 0 unspecified atom stereocenters. The summed E-state index contributed by atoms with van der Waals surface area (Å²) < 4.78 is 27.4. The summed E-state index contributed by atoms with van der Waals surface area (Å²) in [5, 5.41) is 3.08. The molecule has 0 spiro atoms. The van der Waals surface area contributed by atoms with Crippen molar-refractivity contribution in [2.45, 2.75) is 30.2 Å². The van der Waals surface area contributed by atoms with Gasteiger partial charge in [-0.05, 0) is 62.1 Å². The van der Waals surface area contributed by atoms with Gasteiger partial charge >= 0.3 is 0 Å². The normalized spacial score (nSPS) is 17.2. The van der Waals surface area contributed by atoms with Gasteiger partial charge in [-0.25, -0.2) is 13.1 Å². The number of benzene rings is 1. The highest BCUT2D eigenvalue weighted by Gasteiger charge is 2.21. The molecule has 4 nitrogen and oxygen atoms in total. The Morgan fingerprint density at radius 2 is 1.85 bits per heavy atom. The number of sulfonamides is 1. The number of nitrogens with one attached hydrogen (secondary N) is 2. The molecule has 0 saturated carbocycles. The molecule has 0 bridgehead atoms. The quantitative estimate of drug-likeness (QED) is 0.838. The van der Waals surface area contributed by atoms with E-state index in [2.05, 4.69) is 10.0 Å². The molecule has 20 heavy (non-hydrogen) atoms. The van der Waals surface area contributed by atoms with E-state index in [0.29, 0.717) is 4.90 Å². The lowest BCUT2D eigenvalue weighted by molar-refractivity contribution is 0.529. The van der Waals surface area contributed by atoms with Gasteiger partial charge in [-0.15, -0.1) is 0 Å². The predicted octanol–water partition coefficient (Wildman–Crippen LogP) is 1.62. The smallest absolute Gasteiger partial charge is 0.240 e. The fraction of sp³-hybridized carbons (Fsp3) is 0.571. The topological polar surface area (TPSA) is 58.2 Å². The van der Waals surface area contributed by atoms with E-state index < -0.39 is 10.0 Å². The first kappa shape index (κ1) is 15.8. The maximum absolute atomic E-state index is 12.3. The molecule has 2 rings (SSSR count). The third kappa shape index (κ3) is 4.48. The molecule has 2 N–H and O–H groups in total. The van der Waals surface area contributed by atoms with E-state index in [1.54, 1.807) is 12.1 Å². The van der Waals surface area contributed by atoms with Crippen molar-refractivity contribution in [1.29, 1.82) is 0 Å². The van der Waals surface area contributed by atoms with Crippen LogP contribution in [-0.2, 0) is 16.4 Å². The minimum absolute atomic E-state index is 0.0882. The Morgan fingerprint density at radius 1 is 1.20 bits per heavy atom. The maximum Gasteiger partial charge on any atom is 0.240 e. The van der Waals surface area contributed by atoms with Crippen molar-refractivity contribution in [2.75, 3.05) is 25.1 Å². The van der Waals surface area contributed by atoms with Gasteiger partial charge in [-0.1, -0.05) is 12.1 Å². The minimum atomic E-state index is -3.37. The molecule has 1 fully saturated rings. The van der Waals surface area contributed by atoms with E-state index >= 15 is 0 Å². The van der Waals surface area contributed by atoms with Crippen molar-refractivity contribution < 1.29 is 8.42 Å². The van der Waals surface area contributed by atoms with Crippen molar-refractivity contribution in [3.8, 4) is 0 Å². The first-order valence-corrected chi connectivity index (χ1v) is 9.59. The molecule has 112 valence electrons. The maximum atomic E-state index is 12.3. The zero-order valence-electron chi connectivity index (χ0n) is 11.8. The zero-order chi connectivity index (χ0) is 14.4. The number of hydrogen-bond donors (Lipinski definition) is 2. The van der Waals surface area contributed by atoms with Gasteiger partial charge in [-0.2, -0.15) is 11.8 Å². The lowest BCUT2D eigenvalue weighted by Crippen LogP contribution is -2.37. The molecule has 0 amide bonds. The first-order chi connectivity index (χ1) is 9.62. The van der Waals surface area contributed by atoms with Crippen molar-refractivity contribution >= 4 is 21.8 Å². The molecular formula is C14H22N2O2S2. The van der Waals surface area contributed by atoms with Crippen molar-refractivity contribution in [3.63, 3.8) is 0 Å². The molecule has 0 aliphatic carbocycles. The summed E-state index contributed by atoms with van der Waals surface area (Å²) in [5.41, 5.74) is 1.15. The molecule has 6 heteroatoms. The molecule has 1 saturated heterocycles. The van der Waals surface area contributed by atoms with Gasteiger partial charge < -0.3 is 5.32 Å². The monoisotopic (exact) mass is 314 g/mol. The fourth-order valence-corrected chi connectivity index (χ4v) is 4.62. The van der Waals surface area contributed by atoms with Crippen LogP contribution in [0.1, 0.15) is 18.4 Å². The van der Waals surface area contributed by atoms with Crippen LogP contribution in [-0.4, -0.2) is 39.6 Å². The van der Waals surface area contributed by atoms with Crippen molar-refractivity contribution in [3.05, 3.63) is 29.8 Å². The van der Waals surface area contributed by atoms with Gasteiger partial charge in [0, 0.05) is 6.04 Å². The summed E-state index contributed by atoms with van der Waals surface area (Å²) >= 11 is 1.89. The molecule has 1 aromatic carbocycles. The van der Waals surface area contributed by atoms with Crippen LogP contribution in [0, 0.1) is 0 Å². The summed E-state index contributed by atoms with van der Waals surface area (Å²) in [5.74, 6) is 2.08. The SMILES string of the molecule is CNCCc1ccc(S(=O)(=O)NC2CCSCC2)cc1. The second-order valence-electron chi connectivity index (χ2n) is 5.01. The van der Waals surface area contributed by atoms with Crippen LogP contribution in [0.15, 0.2) is 29.2 Å². The van der Waals surface area contributed by atoms with Crippen LogP contribution in [0.5, 0.6) is 0 Å². The second kappa shape index (κ2) is 7.45. The first-order valence-electron chi connectivity index (χ1n) is 6.95. The van der Waals surface area contributed by atoms with Gasteiger partial charge in [-0.3, -0.25) is 0 Å². The molecule has 1 aromatic rings. The Balaban J connectivity index is 2.01. The van der Waals surface area contributed by atoms with Crippen molar-refractivity contribution in [1.82, 2.24) is 10.0 Å². The average Bonchev–Trinajstić information content (AvgIpc) is 2.46. The Kier molecular flexibility index (Phi) is 5.89. The lowest BCUT2D eigenvalue weighted by atomic mass is 10.1. The van der Waals surface area contributed by atoms with E-state index in [9.17, 15) is 8.42 Å². The minimum Gasteiger partial charge on any atom is -0.319 e. The van der Waals surface area contributed by atoms with Gasteiger partial charge in [0.1, 0.15) is 0 Å². The van der Waals surface area contributed by atoms with E-state index in [1.807, 2.05) is 30.9 Å². The standard InChI is InChI=1S/C14H22N2O2S2/c1-15-9-6-12-2-4-14(5-3-12)20(17,18)16-13-7-10-19-11-8-13/h2-5,13,15-16H,6-11H2,1H3. The summed E-state index contributed by atoms with van der Waals surface area (Å²) in [6.07, 6.45) is 2.75. The Bertz CT molecular complexity index is 508. The summed E-state index contributed by atoms with van der Waals surface area (Å²) in [6, 6.07) is 7.27. The molecule has 0 aromatic heterocycles. The van der Waals surface area contributed by atoms with Gasteiger partial charge in [0.25, 0.3) is 0 Å². The predicted molar refractivity (Wildman–Crippen MR) is 84.7 cm³/mol. The summed E-state index contributed by atoms with van der Waals surface area (Å²) in [7, 11) is -1.46. The highest BCUT2D eigenvalue weighted by atomic mass is 32.2. The third-order valence-corrected chi connectivity index (χ3v) is 6.03. The molecule has 0 radical (unpaired) electrons. The number of likely N-dealkylation sites (N-methyl/N-ethyl adjacent to an activating group) is 1. The molecule has 1 aliphatic rings. The lowest BCUT2D eigenvalue weighted by Gasteiger charge is -2.22. The number of rotatable bonds is 6. The highest BCUT2D eigenvalue weighted by Crippen LogP contribution is 2.19. The second-order valence-corrected chi connectivity index (χ2v) is 7.94. The summed E-state index contributed by atoms with van der Waals surface area (Å²) in [6.45, 7) is 0.893. The highest BCUT2D eigenvalue weighted by molar-refractivity contribution is 7.99. The average molecular weight is 314 g/mol. The van der Waals surface area contributed by atoms with Gasteiger partial charge in [0.05, 0.1) is 4.90 Å². The molecule has 1 heterocycles. The van der Waals surface area contributed by atoms with Crippen LogP contribution >= 0.6 is 11.8 Å².